The average Bonchev–Trinajstić information content (AvgIpc) is 3.16. The summed E-state index contributed by atoms with van der Waals surface area (Å²) in [4.78, 5) is 12.3. The lowest BCUT2D eigenvalue weighted by atomic mass is 10.0. The molecule has 0 aromatic heterocycles. The minimum atomic E-state index is -2.98. The lowest BCUT2D eigenvalue weighted by molar-refractivity contribution is -0.0498. The summed E-state index contributed by atoms with van der Waals surface area (Å²) in [5, 5.41) is 5.40. The Morgan fingerprint density at radius 1 is 1.11 bits per heavy atom. The Hall–Kier alpha value is -3.68. The SMILES string of the molecule is O=C(N/N=C\c1c(OC(F)F)ccc2ccccc12)c1ccc2c(c1)OCO2. The molecule has 1 heterocycles. The molecule has 1 aliphatic heterocycles. The van der Waals surface area contributed by atoms with Crippen LogP contribution in [0.15, 0.2) is 59.7 Å². The minimum Gasteiger partial charge on any atom is -0.454 e. The number of halogens is 2. The van der Waals surface area contributed by atoms with Gasteiger partial charge in [0.25, 0.3) is 5.91 Å². The molecule has 1 aliphatic rings. The van der Waals surface area contributed by atoms with Gasteiger partial charge in [-0.25, -0.2) is 5.43 Å². The van der Waals surface area contributed by atoms with Gasteiger partial charge < -0.3 is 14.2 Å². The normalized spacial score (nSPS) is 12.7. The predicted molar refractivity (Wildman–Crippen MR) is 98.2 cm³/mol. The molecule has 0 saturated carbocycles. The molecule has 8 heteroatoms. The maximum absolute atomic E-state index is 12.7. The molecular formula is C20H14F2N2O4. The lowest BCUT2D eigenvalue weighted by Crippen LogP contribution is -2.17. The highest BCUT2D eigenvalue weighted by Gasteiger charge is 2.16. The monoisotopic (exact) mass is 384 g/mol. The van der Waals surface area contributed by atoms with Crippen molar-refractivity contribution < 1.29 is 27.8 Å². The molecule has 1 amide bonds. The van der Waals surface area contributed by atoms with Crippen LogP contribution in [0.4, 0.5) is 8.78 Å². The van der Waals surface area contributed by atoms with E-state index in [0.29, 0.717) is 28.0 Å². The van der Waals surface area contributed by atoms with Crippen molar-refractivity contribution in [3.63, 3.8) is 0 Å². The van der Waals surface area contributed by atoms with Crippen LogP contribution in [0.2, 0.25) is 0 Å². The molecule has 0 radical (unpaired) electrons. The van der Waals surface area contributed by atoms with Gasteiger partial charge in [0.05, 0.1) is 6.21 Å². The number of hydrazone groups is 1. The van der Waals surface area contributed by atoms with Gasteiger partial charge in [0.1, 0.15) is 5.75 Å². The number of hydrogen-bond donors (Lipinski definition) is 1. The second kappa shape index (κ2) is 7.51. The smallest absolute Gasteiger partial charge is 0.387 e. The molecule has 4 rings (SSSR count). The second-order valence-electron chi connectivity index (χ2n) is 5.84. The van der Waals surface area contributed by atoms with E-state index in [2.05, 4.69) is 15.3 Å². The van der Waals surface area contributed by atoms with Gasteiger partial charge in [-0.15, -0.1) is 0 Å². The van der Waals surface area contributed by atoms with Gasteiger partial charge in [-0.05, 0) is 35.0 Å². The molecular weight excluding hydrogens is 370 g/mol. The third kappa shape index (κ3) is 3.57. The van der Waals surface area contributed by atoms with Crippen LogP contribution in [-0.4, -0.2) is 25.5 Å². The quantitative estimate of drug-likeness (QED) is 0.535. The number of amides is 1. The van der Waals surface area contributed by atoms with Crippen LogP contribution in [0.25, 0.3) is 10.8 Å². The number of nitrogens with one attached hydrogen (secondary N) is 1. The van der Waals surface area contributed by atoms with Gasteiger partial charge in [0, 0.05) is 11.1 Å². The Kier molecular flexibility index (Phi) is 4.76. The Morgan fingerprint density at radius 3 is 2.79 bits per heavy atom. The van der Waals surface area contributed by atoms with Crippen LogP contribution in [0, 0.1) is 0 Å². The maximum Gasteiger partial charge on any atom is 0.387 e. The highest BCUT2D eigenvalue weighted by molar-refractivity contribution is 6.03. The molecule has 0 bridgehead atoms. The summed E-state index contributed by atoms with van der Waals surface area (Å²) in [6.45, 7) is -2.87. The zero-order valence-electron chi connectivity index (χ0n) is 14.4. The first-order valence-electron chi connectivity index (χ1n) is 8.31. The molecule has 6 nitrogen and oxygen atoms in total. The predicted octanol–water partition coefficient (Wildman–Crippen LogP) is 3.93. The summed E-state index contributed by atoms with van der Waals surface area (Å²) in [5.41, 5.74) is 3.03. The highest BCUT2D eigenvalue weighted by Crippen LogP contribution is 2.32. The average molecular weight is 384 g/mol. The fourth-order valence-corrected chi connectivity index (χ4v) is 2.87. The first-order valence-corrected chi connectivity index (χ1v) is 8.31. The van der Waals surface area contributed by atoms with Crippen molar-refractivity contribution in [3.05, 3.63) is 65.7 Å². The van der Waals surface area contributed by atoms with Crippen LogP contribution in [-0.2, 0) is 0 Å². The van der Waals surface area contributed by atoms with Crippen LogP contribution >= 0.6 is 0 Å². The van der Waals surface area contributed by atoms with E-state index in [1.165, 1.54) is 18.3 Å². The van der Waals surface area contributed by atoms with Crippen molar-refractivity contribution in [2.75, 3.05) is 6.79 Å². The number of fused-ring (bicyclic) bond motifs is 2. The maximum atomic E-state index is 12.7. The minimum absolute atomic E-state index is 0.0326. The van der Waals surface area contributed by atoms with Crippen LogP contribution in [0.5, 0.6) is 17.2 Å². The van der Waals surface area contributed by atoms with Crippen LogP contribution in [0.1, 0.15) is 15.9 Å². The lowest BCUT2D eigenvalue weighted by Gasteiger charge is -2.10. The van der Waals surface area contributed by atoms with Crippen molar-refractivity contribution in [2.45, 2.75) is 6.61 Å². The van der Waals surface area contributed by atoms with E-state index in [1.807, 2.05) is 12.1 Å². The second-order valence-corrected chi connectivity index (χ2v) is 5.84. The molecule has 0 saturated heterocycles. The van der Waals surface area contributed by atoms with Crippen molar-refractivity contribution in [3.8, 4) is 17.2 Å². The number of hydrogen-bond acceptors (Lipinski definition) is 5. The van der Waals surface area contributed by atoms with Gasteiger partial charge >= 0.3 is 6.61 Å². The van der Waals surface area contributed by atoms with Crippen molar-refractivity contribution in [1.29, 1.82) is 0 Å². The zero-order chi connectivity index (χ0) is 19.5. The van der Waals surface area contributed by atoms with Gasteiger partial charge in [-0.2, -0.15) is 13.9 Å². The summed E-state index contributed by atoms with van der Waals surface area (Å²) in [6.07, 6.45) is 1.28. The van der Waals surface area contributed by atoms with E-state index in [4.69, 9.17) is 9.47 Å². The van der Waals surface area contributed by atoms with Gasteiger partial charge in [-0.1, -0.05) is 30.3 Å². The van der Waals surface area contributed by atoms with Crippen molar-refractivity contribution >= 4 is 22.9 Å². The summed E-state index contributed by atoms with van der Waals surface area (Å²) in [6, 6.07) is 15.1. The molecule has 3 aromatic carbocycles. The largest absolute Gasteiger partial charge is 0.454 e. The van der Waals surface area contributed by atoms with E-state index < -0.39 is 12.5 Å². The molecule has 28 heavy (non-hydrogen) atoms. The van der Waals surface area contributed by atoms with Gasteiger partial charge in [0.15, 0.2) is 11.5 Å². The molecule has 1 N–H and O–H groups in total. The van der Waals surface area contributed by atoms with Crippen molar-refractivity contribution in [1.82, 2.24) is 5.43 Å². The van der Waals surface area contributed by atoms with Crippen molar-refractivity contribution in [2.24, 2.45) is 5.10 Å². The molecule has 0 fully saturated rings. The van der Waals surface area contributed by atoms with E-state index >= 15 is 0 Å². The summed E-state index contributed by atoms with van der Waals surface area (Å²) >= 11 is 0. The van der Waals surface area contributed by atoms with Gasteiger partial charge in [-0.3, -0.25) is 4.79 Å². The summed E-state index contributed by atoms with van der Waals surface area (Å²) in [5.74, 6) is 0.517. The van der Waals surface area contributed by atoms with Crippen LogP contribution in [0.3, 0.4) is 0 Å². The Balaban J connectivity index is 1.58. The summed E-state index contributed by atoms with van der Waals surface area (Å²) in [7, 11) is 0. The zero-order valence-corrected chi connectivity index (χ0v) is 14.4. The van der Waals surface area contributed by atoms with E-state index in [9.17, 15) is 13.6 Å². The molecule has 3 aromatic rings. The molecule has 0 atom stereocenters. The molecule has 0 unspecified atom stereocenters. The van der Waals surface area contributed by atoms with Gasteiger partial charge in [0.2, 0.25) is 6.79 Å². The Labute approximate surface area is 158 Å². The number of nitrogens with zero attached hydrogens (tertiary/aromatic N) is 1. The summed E-state index contributed by atoms with van der Waals surface area (Å²) < 4.78 is 40.5. The number of rotatable bonds is 5. The molecule has 142 valence electrons. The van der Waals surface area contributed by atoms with Crippen LogP contribution < -0.4 is 19.6 Å². The molecule has 0 spiro atoms. The topological polar surface area (TPSA) is 69.2 Å². The fourth-order valence-electron chi connectivity index (χ4n) is 2.87. The number of carbonyl (C=O) groups is 1. The fraction of sp³-hybridized carbons (Fsp3) is 0.100. The van der Waals surface area contributed by atoms with E-state index in [0.717, 1.165) is 5.39 Å². The Morgan fingerprint density at radius 2 is 1.93 bits per heavy atom. The van der Waals surface area contributed by atoms with E-state index in [1.54, 1.807) is 30.3 Å². The third-order valence-electron chi connectivity index (χ3n) is 4.14. The number of ether oxygens (including phenoxy) is 3. The number of alkyl halides is 2. The Bertz CT molecular complexity index is 1070. The third-order valence-corrected chi connectivity index (χ3v) is 4.14. The van der Waals surface area contributed by atoms with E-state index in [-0.39, 0.29) is 12.5 Å². The molecule has 0 aliphatic carbocycles. The first kappa shape index (κ1) is 17.7. The standard InChI is InChI=1S/C20H14F2N2O4/c21-20(22)28-16-7-5-12-3-1-2-4-14(12)15(16)10-23-24-19(25)13-6-8-17-18(9-13)27-11-26-17/h1-10,20H,11H2,(H,24,25)/b23-10-. The number of benzene rings is 3. The number of carbonyl (C=O) groups excluding carboxylic acids is 1. The highest BCUT2D eigenvalue weighted by atomic mass is 19.3. The first-order chi connectivity index (χ1) is 13.6.